The zero-order chi connectivity index (χ0) is 16.7. The highest BCUT2D eigenvalue weighted by molar-refractivity contribution is 5.79. The first-order chi connectivity index (χ1) is 11.1. The second-order valence-corrected chi connectivity index (χ2v) is 5.80. The molecule has 0 aliphatic carbocycles. The molecule has 2 amide bonds. The SMILES string of the molecule is O=C(CCN1CCCCC1=O)N[C@@H](CO)[C@@H](O)c1ccccc1. The number of likely N-dealkylation sites (tertiary alicyclic amines) is 1. The van der Waals surface area contributed by atoms with E-state index in [1.54, 1.807) is 29.2 Å². The average molecular weight is 320 g/mol. The van der Waals surface area contributed by atoms with Gasteiger partial charge in [-0.2, -0.15) is 0 Å². The molecule has 2 atom stereocenters. The summed E-state index contributed by atoms with van der Waals surface area (Å²) in [6.45, 7) is 0.719. The van der Waals surface area contributed by atoms with Gasteiger partial charge >= 0.3 is 0 Å². The molecule has 1 aromatic rings. The number of carbonyl (C=O) groups excluding carboxylic acids is 2. The molecule has 0 bridgehead atoms. The predicted molar refractivity (Wildman–Crippen MR) is 85.5 cm³/mol. The number of aliphatic hydroxyl groups excluding tert-OH is 2. The van der Waals surface area contributed by atoms with E-state index in [4.69, 9.17) is 0 Å². The van der Waals surface area contributed by atoms with E-state index in [1.807, 2.05) is 6.07 Å². The lowest BCUT2D eigenvalue weighted by Gasteiger charge is -2.27. The van der Waals surface area contributed by atoms with E-state index in [1.165, 1.54) is 0 Å². The molecule has 1 heterocycles. The molecule has 0 radical (unpaired) electrons. The molecular weight excluding hydrogens is 296 g/mol. The van der Waals surface area contributed by atoms with E-state index in [0.29, 0.717) is 25.1 Å². The molecule has 0 spiro atoms. The van der Waals surface area contributed by atoms with Gasteiger partial charge in [-0.3, -0.25) is 9.59 Å². The molecule has 0 unspecified atom stereocenters. The molecule has 1 fully saturated rings. The van der Waals surface area contributed by atoms with Gasteiger partial charge in [0.15, 0.2) is 0 Å². The van der Waals surface area contributed by atoms with Gasteiger partial charge in [0.25, 0.3) is 0 Å². The molecule has 6 nitrogen and oxygen atoms in total. The Kier molecular flexibility index (Phi) is 6.55. The zero-order valence-electron chi connectivity index (χ0n) is 13.1. The lowest BCUT2D eigenvalue weighted by molar-refractivity contribution is -0.134. The van der Waals surface area contributed by atoms with Gasteiger partial charge in [0.1, 0.15) is 6.10 Å². The Morgan fingerprint density at radius 3 is 2.65 bits per heavy atom. The standard InChI is InChI=1S/C17H24N2O4/c20-12-14(17(23)13-6-2-1-3-7-13)18-15(21)9-11-19-10-5-4-8-16(19)22/h1-3,6-7,14,17,20,23H,4-5,8-12H2,(H,18,21)/t14-,17-/m0/s1. The van der Waals surface area contributed by atoms with Crippen molar-refractivity contribution in [1.82, 2.24) is 10.2 Å². The van der Waals surface area contributed by atoms with Gasteiger partial charge in [-0.15, -0.1) is 0 Å². The highest BCUT2D eigenvalue weighted by Crippen LogP contribution is 2.16. The monoisotopic (exact) mass is 320 g/mol. The summed E-state index contributed by atoms with van der Waals surface area (Å²) in [6.07, 6.45) is 1.63. The van der Waals surface area contributed by atoms with Crippen molar-refractivity contribution in [3.8, 4) is 0 Å². The Hall–Kier alpha value is -1.92. The van der Waals surface area contributed by atoms with Gasteiger partial charge in [0.05, 0.1) is 12.6 Å². The zero-order valence-corrected chi connectivity index (χ0v) is 13.1. The first-order valence-corrected chi connectivity index (χ1v) is 8.03. The number of benzene rings is 1. The summed E-state index contributed by atoms with van der Waals surface area (Å²) in [5, 5.41) is 22.3. The number of piperidine rings is 1. The Labute approximate surface area is 136 Å². The first kappa shape index (κ1) is 17.4. The molecule has 23 heavy (non-hydrogen) atoms. The van der Waals surface area contributed by atoms with Crippen molar-refractivity contribution in [2.75, 3.05) is 19.7 Å². The third kappa shape index (κ3) is 5.04. The van der Waals surface area contributed by atoms with Crippen LogP contribution in [0.25, 0.3) is 0 Å². The second kappa shape index (κ2) is 8.64. The van der Waals surface area contributed by atoms with Crippen molar-refractivity contribution < 1.29 is 19.8 Å². The van der Waals surface area contributed by atoms with Crippen LogP contribution in [0.2, 0.25) is 0 Å². The fourth-order valence-corrected chi connectivity index (χ4v) is 2.72. The molecule has 0 aromatic heterocycles. The quantitative estimate of drug-likeness (QED) is 0.686. The number of nitrogens with one attached hydrogen (secondary N) is 1. The van der Waals surface area contributed by atoms with Crippen molar-refractivity contribution >= 4 is 11.8 Å². The van der Waals surface area contributed by atoms with Crippen LogP contribution in [-0.2, 0) is 9.59 Å². The molecule has 1 aliphatic rings. The fraction of sp³-hybridized carbons (Fsp3) is 0.529. The number of hydrogen-bond acceptors (Lipinski definition) is 4. The highest BCUT2D eigenvalue weighted by Gasteiger charge is 2.23. The van der Waals surface area contributed by atoms with Crippen molar-refractivity contribution in [1.29, 1.82) is 0 Å². The van der Waals surface area contributed by atoms with Crippen LogP contribution in [0.1, 0.15) is 37.4 Å². The molecule has 6 heteroatoms. The van der Waals surface area contributed by atoms with Crippen LogP contribution in [-0.4, -0.2) is 52.7 Å². The van der Waals surface area contributed by atoms with Crippen molar-refractivity contribution in [2.45, 2.75) is 37.8 Å². The average Bonchev–Trinajstić information content (AvgIpc) is 2.59. The van der Waals surface area contributed by atoms with Crippen molar-refractivity contribution in [2.24, 2.45) is 0 Å². The maximum absolute atomic E-state index is 12.0. The summed E-state index contributed by atoms with van der Waals surface area (Å²) < 4.78 is 0. The molecule has 1 aromatic carbocycles. The molecule has 1 saturated heterocycles. The van der Waals surface area contributed by atoms with Gasteiger partial charge in [-0.1, -0.05) is 30.3 Å². The molecule has 1 aliphatic heterocycles. The smallest absolute Gasteiger partial charge is 0.222 e. The van der Waals surface area contributed by atoms with Crippen LogP contribution in [0.3, 0.4) is 0 Å². The van der Waals surface area contributed by atoms with E-state index in [0.717, 1.165) is 12.8 Å². The van der Waals surface area contributed by atoms with Crippen LogP contribution in [0.4, 0.5) is 0 Å². The van der Waals surface area contributed by atoms with Gasteiger partial charge in [-0.25, -0.2) is 0 Å². The summed E-state index contributed by atoms with van der Waals surface area (Å²) >= 11 is 0. The number of amides is 2. The van der Waals surface area contributed by atoms with E-state index in [9.17, 15) is 19.8 Å². The normalized spacial score (nSPS) is 17.7. The Morgan fingerprint density at radius 1 is 1.26 bits per heavy atom. The van der Waals surface area contributed by atoms with Crippen LogP contribution in [0, 0.1) is 0 Å². The topological polar surface area (TPSA) is 89.9 Å². The molecule has 126 valence electrons. The van der Waals surface area contributed by atoms with E-state index in [-0.39, 0.29) is 24.8 Å². The van der Waals surface area contributed by atoms with Gasteiger partial charge in [-0.05, 0) is 18.4 Å². The maximum atomic E-state index is 12.0. The lowest BCUT2D eigenvalue weighted by Crippen LogP contribution is -2.44. The molecule has 0 saturated carbocycles. The summed E-state index contributed by atoms with van der Waals surface area (Å²) in [4.78, 5) is 25.4. The third-order valence-corrected chi connectivity index (χ3v) is 4.10. The number of carbonyl (C=O) groups is 2. The number of hydrogen-bond donors (Lipinski definition) is 3. The van der Waals surface area contributed by atoms with Crippen LogP contribution >= 0.6 is 0 Å². The van der Waals surface area contributed by atoms with Crippen molar-refractivity contribution in [3.05, 3.63) is 35.9 Å². The summed E-state index contributed by atoms with van der Waals surface area (Å²) in [5.41, 5.74) is 0.637. The minimum atomic E-state index is -0.971. The van der Waals surface area contributed by atoms with Crippen molar-refractivity contribution in [3.63, 3.8) is 0 Å². The Bertz CT molecular complexity index is 521. The van der Waals surface area contributed by atoms with Crippen LogP contribution < -0.4 is 5.32 Å². The summed E-state index contributed by atoms with van der Waals surface area (Å²) in [7, 11) is 0. The predicted octanol–water partition coefficient (Wildman–Crippen LogP) is 0.600. The Balaban J connectivity index is 1.83. The first-order valence-electron chi connectivity index (χ1n) is 8.03. The number of aliphatic hydroxyl groups is 2. The van der Waals surface area contributed by atoms with E-state index in [2.05, 4.69) is 5.32 Å². The fourth-order valence-electron chi connectivity index (χ4n) is 2.72. The maximum Gasteiger partial charge on any atom is 0.222 e. The number of rotatable bonds is 7. The Morgan fingerprint density at radius 2 is 2.00 bits per heavy atom. The molecular formula is C17H24N2O4. The third-order valence-electron chi connectivity index (χ3n) is 4.10. The van der Waals surface area contributed by atoms with Gasteiger partial charge < -0.3 is 20.4 Å². The molecule has 3 N–H and O–H groups in total. The van der Waals surface area contributed by atoms with Gasteiger partial charge in [0.2, 0.25) is 11.8 Å². The van der Waals surface area contributed by atoms with E-state index >= 15 is 0 Å². The molecule has 2 rings (SSSR count). The van der Waals surface area contributed by atoms with Crippen LogP contribution in [0.5, 0.6) is 0 Å². The largest absolute Gasteiger partial charge is 0.394 e. The summed E-state index contributed by atoms with van der Waals surface area (Å²) in [6, 6.07) is 8.13. The number of nitrogens with zero attached hydrogens (tertiary/aromatic N) is 1. The minimum absolute atomic E-state index is 0.0899. The lowest BCUT2D eigenvalue weighted by atomic mass is 10.0. The van der Waals surface area contributed by atoms with Gasteiger partial charge in [0, 0.05) is 25.9 Å². The van der Waals surface area contributed by atoms with Crippen LogP contribution in [0.15, 0.2) is 30.3 Å². The summed E-state index contributed by atoms with van der Waals surface area (Å²) in [5.74, 6) is -0.190. The second-order valence-electron chi connectivity index (χ2n) is 5.80. The minimum Gasteiger partial charge on any atom is -0.394 e. The highest BCUT2D eigenvalue weighted by atomic mass is 16.3. The van der Waals surface area contributed by atoms with E-state index < -0.39 is 12.1 Å².